The molecule has 0 unspecified atom stereocenters. The number of likely N-dealkylation sites (tertiary alicyclic amines) is 1. The normalized spacial score (nSPS) is 21.9. The Bertz CT molecular complexity index is 1860. The van der Waals surface area contributed by atoms with E-state index in [-0.39, 0.29) is 35.8 Å². The lowest BCUT2D eigenvalue weighted by Gasteiger charge is -2.56. The molecule has 1 aromatic carbocycles. The van der Waals surface area contributed by atoms with Gasteiger partial charge in [0.2, 0.25) is 0 Å². The van der Waals surface area contributed by atoms with Gasteiger partial charge in [0, 0.05) is 66.9 Å². The highest BCUT2D eigenvalue weighted by Crippen LogP contribution is 2.49. The van der Waals surface area contributed by atoms with E-state index in [9.17, 15) is 9.18 Å². The van der Waals surface area contributed by atoms with Gasteiger partial charge in [-0.1, -0.05) is 24.0 Å². The summed E-state index contributed by atoms with van der Waals surface area (Å²) >= 11 is 0. The van der Waals surface area contributed by atoms with Crippen molar-refractivity contribution in [3.05, 3.63) is 54.5 Å². The van der Waals surface area contributed by atoms with Crippen molar-refractivity contribution in [1.82, 2.24) is 40.2 Å². The van der Waals surface area contributed by atoms with Crippen LogP contribution in [0.3, 0.4) is 0 Å². The highest BCUT2D eigenvalue weighted by atomic mass is 19.1. The van der Waals surface area contributed by atoms with E-state index in [0.29, 0.717) is 46.8 Å². The molecule has 4 aromatic rings. The van der Waals surface area contributed by atoms with Crippen molar-refractivity contribution < 1.29 is 23.1 Å². The highest BCUT2D eigenvalue weighted by Gasteiger charge is 2.53. The molecule has 1 atom stereocenters. The predicted molar refractivity (Wildman–Crippen MR) is 179 cm³/mol. The van der Waals surface area contributed by atoms with Gasteiger partial charge < -0.3 is 24.1 Å². The third kappa shape index (κ3) is 6.34. The maximum atomic E-state index is 14.6. The molecule has 2 saturated heterocycles. The molecular formula is C35H41FN10O4. The van der Waals surface area contributed by atoms with E-state index in [1.54, 1.807) is 25.5 Å². The van der Waals surface area contributed by atoms with Crippen LogP contribution in [0.1, 0.15) is 75.2 Å². The maximum absolute atomic E-state index is 14.6. The number of halogens is 1. The lowest BCUT2D eigenvalue weighted by molar-refractivity contribution is -0.0657. The smallest absolute Gasteiger partial charge is 0.396 e. The lowest BCUT2D eigenvalue weighted by Crippen LogP contribution is -2.65. The van der Waals surface area contributed by atoms with Crippen LogP contribution in [-0.4, -0.2) is 91.1 Å². The van der Waals surface area contributed by atoms with Crippen molar-refractivity contribution in [2.75, 3.05) is 43.0 Å². The van der Waals surface area contributed by atoms with Crippen LogP contribution < -0.4 is 15.0 Å². The van der Waals surface area contributed by atoms with E-state index < -0.39 is 5.97 Å². The number of anilines is 2. The van der Waals surface area contributed by atoms with E-state index in [4.69, 9.17) is 13.9 Å². The molecule has 2 aliphatic heterocycles. The molecule has 5 heterocycles. The molecule has 8 rings (SSSR count). The maximum Gasteiger partial charge on any atom is 0.396 e. The van der Waals surface area contributed by atoms with Crippen LogP contribution in [0.5, 0.6) is 11.6 Å². The molecule has 2 aliphatic carbocycles. The fourth-order valence-electron chi connectivity index (χ4n) is 8.13. The second-order valence-corrected chi connectivity index (χ2v) is 14.4. The molecular weight excluding hydrogens is 643 g/mol. The van der Waals surface area contributed by atoms with E-state index in [1.807, 2.05) is 0 Å². The quantitative estimate of drug-likeness (QED) is 0.196. The van der Waals surface area contributed by atoms with Gasteiger partial charge in [-0.15, -0.1) is 10.2 Å². The number of hydrogen-bond acceptors (Lipinski definition) is 14. The van der Waals surface area contributed by atoms with Gasteiger partial charge in [0.25, 0.3) is 5.88 Å². The van der Waals surface area contributed by atoms with Gasteiger partial charge in [0.15, 0.2) is 5.82 Å². The summed E-state index contributed by atoms with van der Waals surface area (Å²) in [5.74, 6) is 1.67. The number of esters is 1. The Balaban J connectivity index is 0.909. The van der Waals surface area contributed by atoms with Gasteiger partial charge >= 0.3 is 17.9 Å². The first-order valence-electron chi connectivity index (χ1n) is 17.5. The summed E-state index contributed by atoms with van der Waals surface area (Å²) < 4.78 is 31.4. The first kappa shape index (κ1) is 32.4. The number of nitrogens with one attached hydrogen (secondary N) is 1. The van der Waals surface area contributed by atoms with Gasteiger partial charge in [0.05, 0.1) is 12.3 Å². The minimum absolute atomic E-state index is 0.136. The number of carbonyl (C=O) groups excluding carboxylic acids is 1. The number of aromatic nitrogens is 7. The van der Waals surface area contributed by atoms with Crippen molar-refractivity contribution in [2.45, 2.75) is 70.9 Å². The first-order chi connectivity index (χ1) is 24.3. The van der Waals surface area contributed by atoms with Crippen LogP contribution in [0, 0.1) is 23.1 Å². The summed E-state index contributed by atoms with van der Waals surface area (Å²) in [6.45, 7) is 10.3. The molecule has 2 saturated carbocycles. The van der Waals surface area contributed by atoms with Crippen LogP contribution >= 0.6 is 0 Å². The number of benzene rings is 1. The SMILES string of the molecule is CCOC(=O)c1nnc(NC2CC([C@@H](C(C)C)N3CC4(CCN(c5ncnnc5Oc5ccc(F)cc5-c5cncnc5C5CC5)C4)C3)C2)o1. The molecule has 4 fully saturated rings. The van der Waals surface area contributed by atoms with Gasteiger partial charge in [-0.25, -0.2) is 24.1 Å². The van der Waals surface area contributed by atoms with Crippen LogP contribution in [0.4, 0.5) is 16.2 Å². The number of nitrogens with zero attached hydrogens (tertiary/aromatic N) is 9. The van der Waals surface area contributed by atoms with E-state index in [1.165, 1.54) is 18.5 Å². The Hall–Kier alpha value is -4.79. The number of hydrogen-bond donors (Lipinski definition) is 1. The van der Waals surface area contributed by atoms with Crippen LogP contribution in [0.15, 0.2) is 41.5 Å². The zero-order valence-electron chi connectivity index (χ0n) is 28.5. The van der Waals surface area contributed by atoms with Crippen molar-refractivity contribution in [3.8, 4) is 22.8 Å². The molecule has 50 heavy (non-hydrogen) atoms. The van der Waals surface area contributed by atoms with E-state index >= 15 is 0 Å². The summed E-state index contributed by atoms with van der Waals surface area (Å²) in [5, 5.41) is 19.4. The largest absolute Gasteiger partial charge is 0.459 e. The van der Waals surface area contributed by atoms with E-state index in [0.717, 1.165) is 69.5 Å². The number of ether oxygens (including phenoxy) is 2. The number of rotatable bonds is 12. The van der Waals surface area contributed by atoms with Gasteiger partial charge in [-0.05, 0) is 69.1 Å². The molecule has 14 nitrogen and oxygen atoms in total. The molecule has 15 heteroatoms. The zero-order chi connectivity index (χ0) is 34.4. The molecule has 0 radical (unpaired) electrons. The Morgan fingerprint density at radius 2 is 1.94 bits per heavy atom. The van der Waals surface area contributed by atoms with E-state index in [2.05, 4.69) is 64.3 Å². The van der Waals surface area contributed by atoms with Crippen molar-refractivity contribution in [1.29, 1.82) is 0 Å². The average molecular weight is 685 g/mol. The van der Waals surface area contributed by atoms with Gasteiger partial charge in [-0.3, -0.25) is 4.90 Å². The summed E-state index contributed by atoms with van der Waals surface area (Å²) in [6, 6.07) is 5.41. The Labute approximate surface area is 289 Å². The molecule has 1 N–H and O–H groups in total. The molecule has 4 aliphatic rings. The van der Waals surface area contributed by atoms with Crippen molar-refractivity contribution >= 4 is 17.8 Å². The molecule has 0 bridgehead atoms. The van der Waals surface area contributed by atoms with Crippen LogP contribution in [0.2, 0.25) is 0 Å². The van der Waals surface area contributed by atoms with Gasteiger partial charge in [-0.2, -0.15) is 0 Å². The number of carbonyl (C=O) groups is 1. The minimum atomic E-state index is -0.612. The third-order valence-corrected chi connectivity index (χ3v) is 10.5. The Kier molecular flexibility index (Phi) is 8.53. The third-order valence-electron chi connectivity index (χ3n) is 10.5. The summed E-state index contributed by atoms with van der Waals surface area (Å²) in [5.41, 5.74) is 2.42. The molecule has 3 aromatic heterocycles. The summed E-state index contributed by atoms with van der Waals surface area (Å²) in [7, 11) is 0. The average Bonchev–Trinajstić information content (AvgIpc) is 3.65. The Morgan fingerprint density at radius 3 is 2.72 bits per heavy atom. The fraction of sp³-hybridized carbons (Fsp3) is 0.543. The highest BCUT2D eigenvalue weighted by molar-refractivity contribution is 5.84. The second-order valence-electron chi connectivity index (χ2n) is 14.4. The Morgan fingerprint density at radius 1 is 1.10 bits per heavy atom. The monoisotopic (exact) mass is 684 g/mol. The lowest BCUT2D eigenvalue weighted by atomic mass is 9.68. The van der Waals surface area contributed by atoms with Crippen LogP contribution in [-0.2, 0) is 4.74 Å². The topological polar surface area (TPSA) is 157 Å². The molecule has 0 amide bonds. The second kappa shape index (κ2) is 13.2. The summed E-state index contributed by atoms with van der Waals surface area (Å²) in [4.78, 5) is 30.1. The standard InChI is InChI=1S/C35H41FN10O4/c1-4-48-33(47)32-43-44-34(50-32)41-24-11-22(12-24)29(20(2)3)46-16-35(17-46)9-10-45(15-35)30-31(42-40-19-39-30)49-27-8-7-23(36)13-25(27)26-14-37-18-38-28(26)21-5-6-21/h7-8,13-14,18-22,24,29H,4-6,9-12,15-17H2,1-3H3,(H,41,44)/t22?,24?,29-/m1/s1. The summed E-state index contributed by atoms with van der Waals surface area (Å²) in [6.07, 6.45) is 9.85. The fourth-order valence-corrected chi connectivity index (χ4v) is 8.13. The molecule has 262 valence electrons. The van der Waals surface area contributed by atoms with Crippen molar-refractivity contribution in [2.24, 2.45) is 17.3 Å². The zero-order valence-corrected chi connectivity index (χ0v) is 28.5. The van der Waals surface area contributed by atoms with Crippen molar-refractivity contribution in [3.63, 3.8) is 0 Å². The van der Waals surface area contributed by atoms with Gasteiger partial charge in [0.1, 0.15) is 24.2 Å². The minimum Gasteiger partial charge on any atom is -0.459 e. The predicted octanol–water partition coefficient (Wildman–Crippen LogP) is 5.12. The van der Waals surface area contributed by atoms with Crippen LogP contribution in [0.25, 0.3) is 11.1 Å². The first-order valence-corrected chi connectivity index (χ1v) is 17.5. The molecule has 1 spiro atoms.